The van der Waals surface area contributed by atoms with Crippen molar-refractivity contribution in [3.63, 3.8) is 0 Å². The standard InChI is InChI=1S/C24H22FN7O2S/c1-14-15(2)31(18-8-6-17(25)7-9-18)23(20(14)12-26)28-21(33)13-35-24-30-29-22(32(24)27)16-4-10-19(34-3)11-5-16/h4-11H,13,27H2,1-3H3,(H,28,33). The van der Waals surface area contributed by atoms with Gasteiger partial charge in [-0.1, -0.05) is 11.8 Å². The number of hydrogen-bond acceptors (Lipinski definition) is 7. The van der Waals surface area contributed by atoms with Crippen molar-refractivity contribution in [2.45, 2.75) is 19.0 Å². The molecule has 4 rings (SSSR count). The molecule has 0 aliphatic heterocycles. The average Bonchev–Trinajstić information content (AvgIpc) is 3.34. The summed E-state index contributed by atoms with van der Waals surface area (Å²) in [5.41, 5.74) is 3.21. The number of nitrogens with two attached hydrogens (primary N) is 1. The van der Waals surface area contributed by atoms with Crippen LogP contribution in [0.5, 0.6) is 5.75 Å². The van der Waals surface area contributed by atoms with Crippen LogP contribution < -0.4 is 15.9 Å². The second-order valence-corrected chi connectivity index (χ2v) is 8.54. The van der Waals surface area contributed by atoms with Gasteiger partial charge in [0.15, 0.2) is 5.82 Å². The smallest absolute Gasteiger partial charge is 0.236 e. The fourth-order valence-corrected chi connectivity index (χ4v) is 4.24. The Hall–Kier alpha value is -4.30. The zero-order chi connectivity index (χ0) is 25.1. The van der Waals surface area contributed by atoms with E-state index in [0.717, 1.165) is 28.6 Å². The molecule has 0 spiro atoms. The van der Waals surface area contributed by atoms with Crippen LogP contribution in [0.4, 0.5) is 10.2 Å². The molecule has 11 heteroatoms. The van der Waals surface area contributed by atoms with E-state index in [0.29, 0.717) is 33.8 Å². The molecular formula is C24H22FN7O2S. The van der Waals surface area contributed by atoms with Crippen molar-refractivity contribution in [3.05, 3.63) is 71.2 Å². The van der Waals surface area contributed by atoms with Crippen LogP contribution in [-0.4, -0.2) is 38.2 Å². The number of aromatic nitrogens is 4. The number of anilines is 1. The number of methoxy groups -OCH3 is 1. The van der Waals surface area contributed by atoms with E-state index in [1.807, 2.05) is 19.1 Å². The maximum absolute atomic E-state index is 13.4. The summed E-state index contributed by atoms with van der Waals surface area (Å²) < 4.78 is 21.6. The van der Waals surface area contributed by atoms with Gasteiger partial charge in [0.2, 0.25) is 11.1 Å². The van der Waals surface area contributed by atoms with Gasteiger partial charge in [0.1, 0.15) is 23.5 Å². The highest BCUT2D eigenvalue weighted by atomic mass is 32.2. The first-order valence-electron chi connectivity index (χ1n) is 10.5. The number of halogens is 1. The molecular weight excluding hydrogens is 469 g/mol. The fraction of sp³-hybridized carbons (Fsp3) is 0.167. The largest absolute Gasteiger partial charge is 0.497 e. The lowest BCUT2D eigenvalue weighted by molar-refractivity contribution is -0.113. The maximum Gasteiger partial charge on any atom is 0.236 e. The van der Waals surface area contributed by atoms with Crippen molar-refractivity contribution in [2.24, 2.45) is 0 Å². The molecule has 0 aliphatic carbocycles. The van der Waals surface area contributed by atoms with Crippen LogP contribution in [0.1, 0.15) is 16.8 Å². The summed E-state index contributed by atoms with van der Waals surface area (Å²) in [4.78, 5) is 12.8. The van der Waals surface area contributed by atoms with Crippen molar-refractivity contribution in [2.75, 3.05) is 24.0 Å². The Balaban J connectivity index is 1.53. The number of amides is 1. The number of carbonyl (C=O) groups is 1. The van der Waals surface area contributed by atoms with Crippen LogP contribution in [0, 0.1) is 31.0 Å². The number of nitriles is 1. The van der Waals surface area contributed by atoms with Gasteiger partial charge in [-0.2, -0.15) is 5.26 Å². The third-order valence-corrected chi connectivity index (χ3v) is 6.46. The molecule has 4 aromatic rings. The number of thioether (sulfide) groups is 1. The van der Waals surface area contributed by atoms with Crippen molar-refractivity contribution in [1.29, 1.82) is 5.26 Å². The third-order valence-electron chi connectivity index (χ3n) is 5.51. The minimum absolute atomic E-state index is 0.0183. The summed E-state index contributed by atoms with van der Waals surface area (Å²) in [6, 6.07) is 15.2. The van der Waals surface area contributed by atoms with E-state index in [-0.39, 0.29) is 17.5 Å². The quantitative estimate of drug-likeness (QED) is 0.298. The summed E-state index contributed by atoms with van der Waals surface area (Å²) in [5, 5.41) is 21.1. The van der Waals surface area contributed by atoms with Crippen LogP contribution in [0.25, 0.3) is 17.1 Å². The first-order valence-corrected chi connectivity index (χ1v) is 11.5. The van der Waals surface area contributed by atoms with Crippen LogP contribution in [0.2, 0.25) is 0 Å². The summed E-state index contributed by atoms with van der Waals surface area (Å²) in [7, 11) is 1.58. The van der Waals surface area contributed by atoms with Gasteiger partial charge in [-0.05, 0) is 67.9 Å². The van der Waals surface area contributed by atoms with Gasteiger partial charge in [-0.25, -0.2) is 9.07 Å². The predicted octanol–water partition coefficient (Wildman–Crippen LogP) is 3.82. The van der Waals surface area contributed by atoms with E-state index in [9.17, 15) is 14.4 Å². The molecule has 2 aromatic carbocycles. The normalized spacial score (nSPS) is 10.7. The Morgan fingerprint density at radius 2 is 1.86 bits per heavy atom. The minimum Gasteiger partial charge on any atom is -0.497 e. The summed E-state index contributed by atoms with van der Waals surface area (Å²) in [5.74, 6) is 6.87. The predicted molar refractivity (Wildman–Crippen MR) is 131 cm³/mol. The van der Waals surface area contributed by atoms with E-state index in [4.69, 9.17) is 10.6 Å². The van der Waals surface area contributed by atoms with E-state index in [2.05, 4.69) is 21.6 Å². The highest BCUT2D eigenvalue weighted by molar-refractivity contribution is 7.99. The van der Waals surface area contributed by atoms with Crippen molar-refractivity contribution in [3.8, 4) is 28.9 Å². The topological polar surface area (TPSA) is 124 Å². The average molecular weight is 492 g/mol. The molecule has 0 saturated carbocycles. The first-order chi connectivity index (χ1) is 16.8. The Labute approximate surface area is 205 Å². The number of nitrogens with one attached hydrogen (secondary N) is 1. The second kappa shape index (κ2) is 9.90. The molecule has 35 heavy (non-hydrogen) atoms. The molecule has 2 aromatic heterocycles. The number of nitrogens with zero attached hydrogens (tertiary/aromatic N) is 5. The number of rotatable bonds is 7. The van der Waals surface area contributed by atoms with E-state index >= 15 is 0 Å². The van der Waals surface area contributed by atoms with Crippen LogP contribution in [-0.2, 0) is 4.79 Å². The minimum atomic E-state index is -0.377. The summed E-state index contributed by atoms with van der Waals surface area (Å²) in [6.45, 7) is 3.64. The number of carbonyl (C=O) groups excluding carboxylic acids is 1. The monoisotopic (exact) mass is 491 g/mol. The Morgan fingerprint density at radius 3 is 2.49 bits per heavy atom. The molecule has 0 aliphatic rings. The lowest BCUT2D eigenvalue weighted by Crippen LogP contribution is -2.19. The Bertz CT molecular complexity index is 1420. The molecule has 0 bridgehead atoms. The molecule has 0 radical (unpaired) electrons. The molecule has 1 amide bonds. The van der Waals surface area contributed by atoms with Gasteiger partial charge in [0, 0.05) is 16.9 Å². The molecule has 0 unspecified atom stereocenters. The molecule has 178 valence electrons. The zero-order valence-corrected chi connectivity index (χ0v) is 20.1. The van der Waals surface area contributed by atoms with E-state index in [1.54, 1.807) is 42.9 Å². The Morgan fingerprint density at radius 1 is 1.17 bits per heavy atom. The van der Waals surface area contributed by atoms with Gasteiger partial charge in [0.05, 0.1) is 18.4 Å². The summed E-state index contributed by atoms with van der Waals surface area (Å²) in [6.07, 6.45) is 0. The lowest BCUT2D eigenvalue weighted by atomic mass is 10.2. The van der Waals surface area contributed by atoms with E-state index < -0.39 is 0 Å². The van der Waals surface area contributed by atoms with E-state index in [1.165, 1.54) is 16.8 Å². The van der Waals surface area contributed by atoms with Gasteiger partial charge >= 0.3 is 0 Å². The number of hydrogen-bond donors (Lipinski definition) is 2. The molecule has 2 heterocycles. The molecule has 0 atom stereocenters. The molecule has 0 fully saturated rings. The molecule has 3 N–H and O–H groups in total. The third kappa shape index (κ3) is 4.69. The van der Waals surface area contributed by atoms with Gasteiger partial charge in [0.25, 0.3) is 0 Å². The fourth-order valence-electron chi connectivity index (χ4n) is 3.58. The van der Waals surface area contributed by atoms with Gasteiger partial charge in [-0.15, -0.1) is 10.2 Å². The highest BCUT2D eigenvalue weighted by Gasteiger charge is 2.21. The molecule has 9 nitrogen and oxygen atoms in total. The number of ether oxygens (including phenoxy) is 1. The Kier molecular flexibility index (Phi) is 6.75. The van der Waals surface area contributed by atoms with Crippen LogP contribution in [0.3, 0.4) is 0 Å². The van der Waals surface area contributed by atoms with Crippen molar-refractivity contribution in [1.82, 2.24) is 19.4 Å². The van der Waals surface area contributed by atoms with Gasteiger partial charge in [-0.3, -0.25) is 9.36 Å². The zero-order valence-electron chi connectivity index (χ0n) is 19.2. The molecule has 0 saturated heterocycles. The maximum atomic E-state index is 13.4. The first kappa shape index (κ1) is 23.8. The summed E-state index contributed by atoms with van der Waals surface area (Å²) >= 11 is 1.11. The SMILES string of the molecule is COc1ccc(-c2nnc(SCC(=O)Nc3c(C#N)c(C)c(C)n3-c3ccc(F)cc3)n2N)cc1. The van der Waals surface area contributed by atoms with Crippen molar-refractivity contribution >= 4 is 23.5 Å². The second-order valence-electron chi connectivity index (χ2n) is 7.60. The van der Waals surface area contributed by atoms with Crippen molar-refractivity contribution < 1.29 is 13.9 Å². The lowest BCUT2D eigenvalue weighted by Gasteiger charge is -2.13. The van der Waals surface area contributed by atoms with Gasteiger partial charge < -0.3 is 15.9 Å². The van der Waals surface area contributed by atoms with Crippen LogP contribution in [0.15, 0.2) is 53.7 Å². The highest BCUT2D eigenvalue weighted by Crippen LogP contribution is 2.30. The van der Waals surface area contributed by atoms with Crippen LogP contribution >= 0.6 is 11.8 Å². The number of nitrogen functional groups attached to an aromatic ring is 1. The number of benzene rings is 2.